The first kappa shape index (κ1) is 15.6. The van der Waals surface area contributed by atoms with Crippen molar-refractivity contribution < 1.29 is 9.47 Å². The summed E-state index contributed by atoms with van der Waals surface area (Å²) in [5.74, 6) is 1.42. The van der Waals surface area contributed by atoms with Crippen molar-refractivity contribution >= 4 is 5.69 Å². The van der Waals surface area contributed by atoms with Gasteiger partial charge in [-0.15, -0.1) is 0 Å². The predicted molar refractivity (Wildman–Crippen MR) is 79.7 cm³/mol. The van der Waals surface area contributed by atoms with E-state index in [1.807, 2.05) is 18.2 Å². The van der Waals surface area contributed by atoms with Gasteiger partial charge in [-0.25, -0.2) is 0 Å². The zero-order valence-corrected chi connectivity index (χ0v) is 12.5. The summed E-state index contributed by atoms with van der Waals surface area (Å²) in [5, 5.41) is 0. The molecule has 0 radical (unpaired) electrons. The van der Waals surface area contributed by atoms with Crippen molar-refractivity contribution in [2.24, 2.45) is 0 Å². The Morgan fingerprint density at radius 3 is 2.32 bits per heavy atom. The molecule has 1 aromatic rings. The van der Waals surface area contributed by atoms with Gasteiger partial charge in [0.15, 0.2) is 11.5 Å². The van der Waals surface area contributed by atoms with Crippen LogP contribution in [0.15, 0.2) is 18.2 Å². The van der Waals surface area contributed by atoms with Gasteiger partial charge >= 0.3 is 0 Å². The summed E-state index contributed by atoms with van der Waals surface area (Å²) >= 11 is 0. The van der Waals surface area contributed by atoms with Gasteiger partial charge < -0.3 is 15.2 Å². The molecule has 0 bridgehead atoms. The minimum absolute atomic E-state index is 0.00981. The van der Waals surface area contributed by atoms with Gasteiger partial charge in [0, 0.05) is 24.8 Å². The molecule has 4 heteroatoms. The first-order chi connectivity index (χ1) is 9.12. The molecule has 1 rings (SSSR count). The minimum atomic E-state index is 0.00981. The molecule has 1 unspecified atom stereocenters. The molecule has 0 aliphatic rings. The van der Waals surface area contributed by atoms with E-state index in [4.69, 9.17) is 15.2 Å². The molecule has 0 amide bonds. The zero-order chi connectivity index (χ0) is 14.3. The summed E-state index contributed by atoms with van der Waals surface area (Å²) in [6.07, 6.45) is 2.24. The minimum Gasteiger partial charge on any atom is -0.493 e. The van der Waals surface area contributed by atoms with E-state index in [2.05, 4.69) is 25.7 Å². The van der Waals surface area contributed by atoms with Crippen molar-refractivity contribution in [2.75, 3.05) is 25.9 Å². The van der Waals surface area contributed by atoms with Crippen molar-refractivity contribution in [1.82, 2.24) is 4.90 Å². The second kappa shape index (κ2) is 7.89. The molecule has 0 heterocycles. The molecule has 0 aliphatic carbocycles. The first-order valence-corrected chi connectivity index (χ1v) is 6.96. The highest BCUT2D eigenvalue weighted by molar-refractivity contribution is 5.51. The van der Waals surface area contributed by atoms with Crippen LogP contribution in [-0.2, 0) is 0 Å². The smallest absolute Gasteiger partial charge is 0.165 e. The Bertz CT molecular complexity index is 376. The second-order valence-electron chi connectivity index (χ2n) is 4.66. The zero-order valence-electron chi connectivity index (χ0n) is 12.5. The van der Waals surface area contributed by atoms with Crippen molar-refractivity contribution in [3.8, 4) is 11.5 Å². The van der Waals surface area contributed by atoms with Gasteiger partial charge in [0.2, 0.25) is 0 Å². The second-order valence-corrected chi connectivity index (χ2v) is 4.66. The molecular formula is C15H26N2O2. The quantitative estimate of drug-likeness (QED) is 0.580. The number of nitrogen functional groups attached to an aromatic ring is 1. The van der Waals surface area contributed by atoms with E-state index in [1.165, 1.54) is 0 Å². The first-order valence-electron chi connectivity index (χ1n) is 6.96. The topological polar surface area (TPSA) is 47.7 Å². The normalized spacial score (nSPS) is 12.5. The van der Waals surface area contributed by atoms with Crippen LogP contribution < -0.4 is 15.2 Å². The molecule has 0 aromatic heterocycles. The molecular weight excluding hydrogens is 240 g/mol. The highest BCUT2D eigenvalue weighted by atomic mass is 16.5. The Morgan fingerprint density at radius 2 is 1.79 bits per heavy atom. The molecule has 0 saturated heterocycles. The van der Waals surface area contributed by atoms with E-state index in [0.717, 1.165) is 25.9 Å². The molecule has 0 aliphatic heterocycles. The lowest BCUT2D eigenvalue weighted by Gasteiger charge is -2.29. The van der Waals surface area contributed by atoms with Crippen molar-refractivity contribution in [2.45, 2.75) is 39.8 Å². The fraction of sp³-hybridized carbons (Fsp3) is 0.600. The summed E-state index contributed by atoms with van der Waals surface area (Å²) in [4.78, 5) is 2.32. The van der Waals surface area contributed by atoms with Gasteiger partial charge in [-0.3, -0.25) is 4.90 Å². The number of hydrogen-bond donors (Lipinski definition) is 1. The van der Waals surface area contributed by atoms with Crippen LogP contribution in [0.25, 0.3) is 0 Å². The maximum absolute atomic E-state index is 6.01. The molecule has 108 valence electrons. The fourth-order valence-corrected chi connectivity index (χ4v) is 2.09. The van der Waals surface area contributed by atoms with Gasteiger partial charge in [0.25, 0.3) is 0 Å². The standard InChI is InChI=1S/C15H26N2O2/c1-5-9-17(10-6-2)12(3)19-15-11-13(16)7-8-14(15)18-4/h7-8,11-12H,5-6,9-10,16H2,1-4H3. The van der Waals surface area contributed by atoms with E-state index in [0.29, 0.717) is 17.2 Å². The average Bonchev–Trinajstić information content (AvgIpc) is 2.38. The summed E-state index contributed by atoms with van der Waals surface area (Å²) in [6, 6.07) is 5.46. The summed E-state index contributed by atoms with van der Waals surface area (Å²) < 4.78 is 11.3. The van der Waals surface area contributed by atoms with Crippen LogP contribution in [0.1, 0.15) is 33.6 Å². The Kier molecular flexibility index (Phi) is 6.50. The number of anilines is 1. The highest BCUT2D eigenvalue weighted by Crippen LogP contribution is 2.30. The van der Waals surface area contributed by atoms with Crippen LogP contribution in [0.5, 0.6) is 11.5 Å². The number of ether oxygens (including phenoxy) is 2. The van der Waals surface area contributed by atoms with Crippen LogP contribution >= 0.6 is 0 Å². The van der Waals surface area contributed by atoms with E-state index in [9.17, 15) is 0 Å². The molecule has 1 atom stereocenters. The molecule has 2 N–H and O–H groups in total. The van der Waals surface area contributed by atoms with Gasteiger partial charge in [-0.1, -0.05) is 13.8 Å². The van der Waals surface area contributed by atoms with Gasteiger partial charge in [-0.05, 0) is 31.9 Å². The Hall–Kier alpha value is -1.42. The van der Waals surface area contributed by atoms with Crippen LogP contribution in [0, 0.1) is 0 Å². The number of hydrogen-bond acceptors (Lipinski definition) is 4. The molecule has 19 heavy (non-hydrogen) atoms. The van der Waals surface area contributed by atoms with Crippen molar-refractivity contribution in [3.63, 3.8) is 0 Å². The van der Waals surface area contributed by atoms with Crippen LogP contribution in [0.3, 0.4) is 0 Å². The van der Waals surface area contributed by atoms with Crippen LogP contribution in [-0.4, -0.2) is 31.3 Å². The number of benzene rings is 1. The number of nitrogens with two attached hydrogens (primary N) is 1. The lowest BCUT2D eigenvalue weighted by atomic mass is 10.3. The average molecular weight is 266 g/mol. The molecule has 0 fully saturated rings. The third-order valence-corrected chi connectivity index (χ3v) is 3.02. The maximum atomic E-state index is 6.01. The van der Waals surface area contributed by atoms with Crippen molar-refractivity contribution in [3.05, 3.63) is 18.2 Å². The number of rotatable bonds is 8. The van der Waals surface area contributed by atoms with E-state index in [1.54, 1.807) is 7.11 Å². The van der Waals surface area contributed by atoms with E-state index < -0.39 is 0 Å². The van der Waals surface area contributed by atoms with Gasteiger partial charge in [0.05, 0.1) is 7.11 Å². The lowest BCUT2D eigenvalue weighted by molar-refractivity contribution is 0.0377. The van der Waals surface area contributed by atoms with Crippen molar-refractivity contribution in [1.29, 1.82) is 0 Å². The van der Waals surface area contributed by atoms with E-state index in [-0.39, 0.29) is 6.23 Å². The van der Waals surface area contributed by atoms with Crippen LogP contribution in [0.4, 0.5) is 5.69 Å². The Morgan fingerprint density at radius 1 is 1.16 bits per heavy atom. The number of methoxy groups -OCH3 is 1. The Balaban J connectivity index is 2.78. The van der Waals surface area contributed by atoms with Crippen LogP contribution in [0.2, 0.25) is 0 Å². The predicted octanol–water partition coefficient (Wildman–Crippen LogP) is 3.12. The molecule has 1 aromatic carbocycles. The summed E-state index contributed by atoms with van der Waals surface area (Å²) in [7, 11) is 1.64. The summed E-state index contributed by atoms with van der Waals surface area (Å²) in [6.45, 7) is 8.47. The van der Waals surface area contributed by atoms with Gasteiger partial charge in [-0.2, -0.15) is 0 Å². The number of nitrogens with zero attached hydrogens (tertiary/aromatic N) is 1. The van der Waals surface area contributed by atoms with E-state index >= 15 is 0 Å². The molecule has 0 spiro atoms. The molecule has 0 saturated carbocycles. The summed E-state index contributed by atoms with van der Waals surface area (Å²) in [5.41, 5.74) is 6.48. The lowest BCUT2D eigenvalue weighted by Crippen LogP contribution is -2.38. The highest BCUT2D eigenvalue weighted by Gasteiger charge is 2.15. The Labute approximate surface area is 116 Å². The molecule has 4 nitrogen and oxygen atoms in total. The van der Waals surface area contributed by atoms with Gasteiger partial charge in [0.1, 0.15) is 6.23 Å². The SMILES string of the molecule is CCCN(CCC)C(C)Oc1cc(N)ccc1OC. The fourth-order valence-electron chi connectivity index (χ4n) is 2.09. The third kappa shape index (κ3) is 4.63. The third-order valence-electron chi connectivity index (χ3n) is 3.02. The monoisotopic (exact) mass is 266 g/mol. The largest absolute Gasteiger partial charge is 0.493 e. The maximum Gasteiger partial charge on any atom is 0.165 e.